The minimum absolute atomic E-state index is 0.122. The average Bonchev–Trinajstić information content (AvgIpc) is 2.55. The first-order valence-electron chi connectivity index (χ1n) is 6.58. The summed E-state index contributed by atoms with van der Waals surface area (Å²) in [7, 11) is 0. The van der Waals surface area contributed by atoms with Crippen molar-refractivity contribution in [1.29, 1.82) is 0 Å². The van der Waals surface area contributed by atoms with Crippen LogP contribution in [0.5, 0.6) is 0 Å². The van der Waals surface area contributed by atoms with Crippen LogP contribution in [0.4, 0.5) is 4.79 Å². The number of piperazine rings is 1. The largest absolute Gasteiger partial charge is 0.396 e. The fourth-order valence-corrected chi connectivity index (χ4v) is 4.41. The van der Waals surface area contributed by atoms with Gasteiger partial charge in [0, 0.05) is 43.7 Å². The zero-order valence-electron chi connectivity index (χ0n) is 9.98. The fraction of sp³-hybridized carbons (Fsp3) is 0.917. The van der Waals surface area contributed by atoms with Crippen molar-refractivity contribution in [2.45, 2.75) is 30.8 Å². The van der Waals surface area contributed by atoms with Gasteiger partial charge in [-0.15, -0.1) is 0 Å². The van der Waals surface area contributed by atoms with E-state index in [9.17, 15) is 9.90 Å². The minimum Gasteiger partial charge on any atom is -0.396 e. The molecule has 2 aliphatic heterocycles. The highest BCUT2D eigenvalue weighted by molar-refractivity contribution is 5.79. The maximum Gasteiger partial charge on any atom is 0.320 e. The molecule has 5 aliphatic rings. The van der Waals surface area contributed by atoms with Gasteiger partial charge >= 0.3 is 6.03 Å². The van der Waals surface area contributed by atoms with Gasteiger partial charge in [-0.2, -0.15) is 0 Å². The molecule has 0 unspecified atom stereocenters. The van der Waals surface area contributed by atoms with E-state index in [0.717, 1.165) is 45.4 Å². The van der Waals surface area contributed by atoms with Crippen molar-refractivity contribution in [2.24, 2.45) is 5.41 Å². The highest BCUT2D eigenvalue weighted by Gasteiger charge is 2.72. The number of amides is 2. The van der Waals surface area contributed by atoms with Crippen LogP contribution in [0.1, 0.15) is 19.3 Å². The van der Waals surface area contributed by atoms with Crippen LogP contribution in [0.3, 0.4) is 0 Å². The van der Waals surface area contributed by atoms with Gasteiger partial charge < -0.3 is 20.2 Å². The number of carbonyl (C=O) groups is 1. The molecule has 2 bridgehead atoms. The van der Waals surface area contributed by atoms with E-state index in [1.54, 1.807) is 0 Å². The molecule has 1 atom stereocenters. The minimum atomic E-state index is 0.122. The van der Waals surface area contributed by atoms with E-state index >= 15 is 0 Å². The summed E-state index contributed by atoms with van der Waals surface area (Å²) in [5.41, 5.74) is 0.304. The number of aliphatic hydroxyl groups excluding tert-OH is 1. The van der Waals surface area contributed by atoms with Gasteiger partial charge in [-0.25, -0.2) is 4.79 Å². The quantitative estimate of drug-likeness (QED) is 0.688. The lowest BCUT2D eigenvalue weighted by atomic mass is 9.39. The Bertz CT molecular complexity index is 364. The number of nitrogens with zero attached hydrogens (tertiary/aromatic N) is 2. The van der Waals surface area contributed by atoms with Crippen molar-refractivity contribution < 1.29 is 9.90 Å². The normalized spacial score (nSPS) is 47.6. The average molecular weight is 237 g/mol. The third kappa shape index (κ3) is 1.09. The molecule has 0 radical (unpaired) electrons. The maximum absolute atomic E-state index is 12.4. The predicted octanol–water partition coefficient (Wildman–Crippen LogP) is -0.389. The number of nitrogens with one attached hydrogen (secondary N) is 1. The Morgan fingerprint density at radius 3 is 2.82 bits per heavy atom. The van der Waals surface area contributed by atoms with Gasteiger partial charge in [-0.05, 0) is 19.3 Å². The molecular formula is C12H19N3O2. The molecule has 5 heteroatoms. The van der Waals surface area contributed by atoms with Gasteiger partial charge in [0.2, 0.25) is 0 Å². The summed E-state index contributed by atoms with van der Waals surface area (Å²) in [6.07, 6.45) is 3.07. The van der Waals surface area contributed by atoms with Crippen molar-refractivity contribution in [3.05, 3.63) is 0 Å². The number of rotatable bonds is 2. The second-order valence-electron chi connectivity index (χ2n) is 6.36. The SMILES string of the molecule is O=C1N2CCNC[C@H]2CN1C12CC(CO)(C1)C2. The molecule has 0 aromatic carbocycles. The Kier molecular flexibility index (Phi) is 1.76. The van der Waals surface area contributed by atoms with Gasteiger partial charge in [0.25, 0.3) is 0 Å². The molecule has 5 fully saturated rings. The molecule has 17 heavy (non-hydrogen) atoms. The first-order valence-corrected chi connectivity index (χ1v) is 6.58. The summed E-state index contributed by atoms with van der Waals surface area (Å²) < 4.78 is 0. The van der Waals surface area contributed by atoms with E-state index < -0.39 is 0 Å². The smallest absolute Gasteiger partial charge is 0.320 e. The monoisotopic (exact) mass is 237 g/mol. The van der Waals surface area contributed by atoms with Crippen molar-refractivity contribution in [3.63, 3.8) is 0 Å². The standard InChI is InChI=1S/C12H19N3O2/c16-8-11-5-12(6-11,7-11)15-4-9-3-13-1-2-14(9)10(15)17/h9,13,16H,1-8H2/t9-,11?,12?/m0/s1. The molecule has 0 aromatic rings. The van der Waals surface area contributed by atoms with E-state index in [1.807, 2.05) is 4.90 Å². The molecule has 5 rings (SSSR count). The first kappa shape index (κ1) is 10.1. The van der Waals surface area contributed by atoms with Crippen LogP contribution < -0.4 is 5.32 Å². The van der Waals surface area contributed by atoms with Gasteiger partial charge in [0.1, 0.15) is 0 Å². The van der Waals surface area contributed by atoms with Crippen molar-refractivity contribution >= 4 is 6.03 Å². The number of fused-ring (bicyclic) bond motifs is 1. The number of hydrogen-bond donors (Lipinski definition) is 2. The van der Waals surface area contributed by atoms with E-state index in [1.165, 1.54) is 0 Å². The summed E-state index contributed by atoms with van der Waals surface area (Å²) >= 11 is 0. The summed E-state index contributed by atoms with van der Waals surface area (Å²) in [6, 6.07) is 0.609. The van der Waals surface area contributed by atoms with Crippen molar-refractivity contribution in [1.82, 2.24) is 15.1 Å². The summed E-state index contributed by atoms with van der Waals surface area (Å²) in [4.78, 5) is 16.5. The third-order valence-electron chi connectivity index (χ3n) is 5.24. The van der Waals surface area contributed by atoms with Crippen LogP contribution in [0.2, 0.25) is 0 Å². The van der Waals surface area contributed by atoms with Gasteiger partial charge in [0.15, 0.2) is 0 Å². The lowest BCUT2D eigenvalue weighted by Crippen LogP contribution is -2.76. The van der Waals surface area contributed by atoms with E-state index in [-0.39, 0.29) is 17.0 Å². The van der Waals surface area contributed by atoms with Crippen LogP contribution >= 0.6 is 0 Å². The zero-order valence-corrected chi connectivity index (χ0v) is 9.98. The third-order valence-corrected chi connectivity index (χ3v) is 5.24. The van der Waals surface area contributed by atoms with E-state index in [0.29, 0.717) is 12.6 Å². The van der Waals surface area contributed by atoms with Crippen LogP contribution in [-0.2, 0) is 0 Å². The van der Waals surface area contributed by atoms with Gasteiger partial charge in [-0.3, -0.25) is 0 Å². The topological polar surface area (TPSA) is 55.8 Å². The lowest BCUT2D eigenvalue weighted by molar-refractivity contribution is -0.217. The van der Waals surface area contributed by atoms with Crippen molar-refractivity contribution in [2.75, 3.05) is 32.8 Å². The molecule has 2 heterocycles. The molecule has 3 saturated carbocycles. The molecule has 0 aromatic heterocycles. The number of urea groups is 1. The maximum atomic E-state index is 12.4. The fourth-order valence-electron chi connectivity index (χ4n) is 4.41. The Morgan fingerprint density at radius 2 is 2.18 bits per heavy atom. The molecule has 2 saturated heterocycles. The highest BCUT2D eigenvalue weighted by Crippen LogP contribution is 2.70. The Morgan fingerprint density at radius 1 is 1.41 bits per heavy atom. The summed E-state index contributed by atoms with van der Waals surface area (Å²) in [5.74, 6) is 0. The van der Waals surface area contributed by atoms with Gasteiger partial charge in [0.05, 0.1) is 6.04 Å². The van der Waals surface area contributed by atoms with Crippen LogP contribution in [0, 0.1) is 5.41 Å². The molecule has 3 aliphatic carbocycles. The van der Waals surface area contributed by atoms with Gasteiger partial charge in [-0.1, -0.05) is 0 Å². The highest BCUT2D eigenvalue weighted by atomic mass is 16.3. The van der Waals surface area contributed by atoms with Crippen LogP contribution in [0.15, 0.2) is 0 Å². The summed E-state index contributed by atoms with van der Waals surface area (Å²) in [6.45, 7) is 3.88. The van der Waals surface area contributed by atoms with Crippen molar-refractivity contribution in [3.8, 4) is 0 Å². The summed E-state index contributed by atoms with van der Waals surface area (Å²) in [5, 5.41) is 12.6. The molecule has 0 spiro atoms. The predicted molar refractivity (Wildman–Crippen MR) is 61.6 cm³/mol. The molecule has 2 N–H and O–H groups in total. The Balaban J connectivity index is 1.52. The molecule has 2 amide bonds. The Labute approximate surface area is 101 Å². The molecule has 5 nitrogen and oxygen atoms in total. The van der Waals surface area contributed by atoms with E-state index in [4.69, 9.17) is 0 Å². The second kappa shape index (κ2) is 2.95. The van der Waals surface area contributed by atoms with E-state index in [2.05, 4.69) is 10.2 Å². The molecule has 94 valence electrons. The number of aliphatic hydroxyl groups is 1. The Hall–Kier alpha value is -0.810. The lowest BCUT2D eigenvalue weighted by Gasteiger charge is -2.72. The number of hydrogen-bond acceptors (Lipinski definition) is 3. The number of carbonyl (C=O) groups excluding carboxylic acids is 1. The first-order chi connectivity index (χ1) is 8.18. The second-order valence-corrected chi connectivity index (χ2v) is 6.36. The van der Waals surface area contributed by atoms with Crippen LogP contribution in [-0.4, -0.2) is 65.3 Å². The van der Waals surface area contributed by atoms with Crippen LogP contribution in [0.25, 0.3) is 0 Å². The zero-order chi connectivity index (χ0) is 11.7. The molecular weight excluding hydrogens is 218 g/mol.